The second kappa shape index (κ2) is 7.53. The highest BCUT2D eigenvalue weighted by atomic mass is 35.5. The molecule has 0 radical (unpaired) electrons. The van der Waals surface area contributed by atoms with Crippen molar-refractivity contribution in [1.82, 2.24) is 9.44 Å². The largest absolute Gasteiger partial charge is 0.329 e. The van der Waals surface area contributed by atoms with Gasteiger partial charge >= 0.3 is 0 Å². The van der Waals surface area contributed by atoms with Crippen LogP contribution in [-0.4, -0.2) is 26.5 Å². The van der Waals surface area contributed by atoms with Gasteiger partial charge in [0.05, 0.1) is 0 Å². The normalized spacial score (nSPS) is 15.8. The van der Waals surface area contributed by atoms with Crippen LogP contribution >= 0.6 is 12.4 Å². The number of hydrogen-bond acceptors (Lipinski definition) is 3. The predicted octanol–water partition coefficient (Wildman–Crippen LogP) is 1.00. The molecule has 0 spiro atoms. The topological polar surface area (TPSA) is 84.2 Å². The first-order valence-corrected chi connectivity index (χ1v) is 7.10. The van der Waals surface area contributed by atoms with Gasteiger partial charge in [-0.3, -0.25) is 0 Å². The number of hydrogen-bond donors (Lipinski definition) is 3. The summed E-state index contributed by atoms with van der Waals surface area (Å²) in [5.41, 5.74) is 5.05. The number of halogens is 1. The van der Waals surface area contributed by atoms with Crippen molar-refractivity contribution in [2.45, 2.75) is 52.6 Å². The van der Waals surface area contributed by atoms with E-state index in [4.69, 9.17) is 5.73 Å². The molecule has 0 heterocycles. The molecule has 17 heavy (non-hydrogen) atoms. The van der Waals surface area contributed by atoms with E-state index < -0.39 is 15.7 Å². The molecule has 0 fully saturated rings. The maximum atomic E-state index is 11.7. The molecule has 0 aliphatic rings. The highest BCUT2D eigenvalue weighted by Crippen LogP contribution is 2.16. The Kier molecular flexibility index (Phi) is 8.62. The van der Waals surface area contributed by atoms with Crippen LogP contribution in [0.25, 0.3) is 0 Å². The van der Waals surface area contributed by atoms with Crippen LogP contribution in [0, 0.1) is 5.92 Å². The maximum absolute atomic E-state index is 11.7. The molecule has 0 saturated carbocycles. The molecule has 1 atom stereocenters. The standard InChI is InChI=1S/C10H25N3O2S.ClH/c1-8(2)6-10(5,7-11)13-16(14,15)12-9(3)4;/h8-9,12-13H,6-7,11H2,1-5H3;1H. The predicted molar refractivity (Wildman–Crippen MR) is 74.5 cm³/mol. The van der Waals surface area contributed by atoms with Crippen LogP contribution in [0.5, 0.6) is 0 Å². The summed E-state index contributed by atoms with van der Waals surface area (Å²) >= 11 is 0. The molecule has 4 N–H and O–H groups in total. The Morgan fingerprint density at radius 1 is 1.24 bits per heavy atom. The lowest BCUT2D eigenvalue weighted by atomic mass is 9.92. The van der Waals surface area contributed by atoms with Gasteiger partial charge in [-0.1, -0.05) is 13.8 Å². The van der Waals surface area contributed by atoms with Crippen LogP contribution < -0.4 is 15.2 Å². The minimum absolute atomic E-state index is 0. The Morgan fingerprint density at radius 2 is 1.71 bits per heavy atom. The van der Waals surface area contributed by atoms with E-state index in [1.165, 1.54) is 0 Å². The molecule has 5 nitrogen and oxygen atoms in total. The molecular weight excluding hydrogens is 262 g/mol. The third-order valence-corrected chi connectivity index (χ3v) is 3.62. The second-order valence-electron chi connectivity index (χ2n) is 5.24. The van der Waals surface area contributed by atoms with Crippen LogP contribution in [0.15, 0.2) is 0 Å². The van der Waals surface area contributed by atoms with Crippen LogP contribution in [0.1, 0.15) is 41.0 Å². The van der Waals surface area contributed by atoms with Gasteiger partial charge in [0.25, 0.3) is 10.2 Å². The molecule has 0 amide bonds. The van der Waals surface area contributed by atoms with Gasteiger partial charge in [-0.25, -0.2) is 0 Å². The fourth-order valence-electron chi connectivity index (χ4n) is 1.73. The summed E-state index contributed by atoms with van der Waals surface area (Å²) in [7, 11) is -3.48. The molecule has 0 saturated heterocycles. The van der Waals surface area contributed by atoms with Crippen molar-refractivity contribution in [2.75, 3.05) is 6.54 Å². The van der Waals surface area contributed by atoms with Gasteiger partial charge in [0.2, 0.25) is 0 Å². The highest BCUT2D eigenvalue weighted by Gasteiger charge is 2.29. The molecule has 7 heteroatoms. The van der Waals surface area contributed by atoms with Gasteiger partial charge < -0.3 is 5.73 Å². The third kappa shape index (κ3) is 8.79. The van der Waals surface area contributed by atoms with E-state index in [-0.39, 0.29) is 25.0 Å². The van der Waals surface area contributed by atoms with Gasteiger partial charge in [0.1, 0.15) is 0 Å². The van der Waals surface area contributed by atoms with Crippen molar-refractivity contribution in [1.29, 1.82) is 0 Å². The smallest absolute Gasteiger partial charge is 0.277 e. The molecule has 106 valence electrons. The first-order valence-electron chi connectivity index (χ1n) is 5.61. The van der Waals surface area contributed by atoms with Crippen LogP contribution in [-0.2, 0) is 10.2 Å². The summed E-state index contributed by atoms with van der Waals surface area (Å²) in [6, 6.07) is -0.126. The summed E-state index contributed by atoms with van der Waals surface area (Å²) < 4.78 is 28.5. The summed E-state index contributed by atoms with van der Waals surface area (Å²) in [6.07, 6.45) is 0.711. The zero-order valence-electron chi connectivity index (χ0n) is 11.3. The van der Waals surface area contributed by atoms with Gasteiger partial charge in [0, 0.05) is 18.1 Å². The van der Waals surface area contributed by atoms with E-state index in [0.29, 0.717) is 12.3 Å². The molecular formula is C10H26ClN3O2S. The number of nitrogens with one attached hydrogen (secondary N) is 2. The summed E-state index contributed by atoms with van der Waals surface area (Å²) in [5.74, 6) is 0.385. The highest BCUT2D eigenvalue weighted by molar-refractivity contribution is 7.87. The molecule has 1 unspecified atom stereocenters. The maximum Gasteiger partial charge on any atom is 0.277 e. The van der Waals surface area contributed by atoms with Crippen molar-refractivity contribution < 1.29 is 8.42 Å². The average molecular weight is 288 g/mol. The Morgan fingerprint density at radius 3 is 2.00 bits per heavy atom. The second-order valence-corrected chi connectivity index (χ2v) is 6.69. The zero-order chi connectivity index (χ0) is 13.0. The minimum atomic E-state index is -3.48. The summed E-state index contributed by atoms with van der Waals surface area (Å²) in [6.45, 7) is 9.75. The van der Waals surface area contributed by atoms with Gasteiger partial charge in [-0.2, -0.15) is 17.9 Å². The SMILES string of the molecule is CC(C)CC(C)(CN)NS(=O)(=O)NC(C)C.Cl. The van der Waals surface area contributed by atoms with E-state index in [9.17, 15) is 8.42 Å². The van der Waals surface area contributed by atoms with E-state index in [1.807, 2.05) is 20.8 Å². The molecule has 0 aromatic carbocycles. The lowest BCUT2D eigenvalue weighted by Crippen LogP contribution is -2.56. The van der Waals surface area contributed by atoms with Crippen molar-refractivity contribution in [3.05, 3.63) is 0 Å². The lowest BCUT2D eigenvalue weighted by molar-refractivity contribution is 0.342. The first-order chi connectivity index (χ1) is 7.10. The van der Waals surface area contributed by atoms with Crippen molar-refractivity contribution in [2.24, 2.45) is 11.7 Å². The van der Waals surface area contributed by atoms with Gasteiger partial charge in [0.15, 0.2) is 0 Å². The summed E-state index contributed by atoms with van der Waals surface area (Å²) in [4.78, 5) is 0. The molecule has 0 aromatic heterocycles. The van der Waals surface area contributed by atoms with Crippen LogP contribution in [0.4, 0.5) is 0 Å². The molecule has 0 aliphatic heterocycles. The van der Waals surface area contributed by atoms with Crippen LogP contribution in [0.3, 0.4) is 0 Å². The Balaban J connectivity index is 0. The Labute approximate surface area is 112 Å². The average Bonchev–Trinajstić information content (AvgIpc) is 1.98. The quantitative estimate of drug-likeness (QED) is 0.653. The van der Waals surface area contributed by atoms with Gasteiger partial charge in [-0.15, -0.1) is 12.4 Å². The fourth-order valence-corrected chi connectivity index (χ4v) is 3.23. The summed E-state index contributed by atoms with van der Waals surface area (Å²) in [5, 5.41) is 0. The van der Waals surface area contributed by atoms with Crippen molar-refractivity contribution >= 4 is 22.6 Å². The number of rotatable bonds is 7. The van der Waals surface area contributed by atoms with E-state index >= 15 is 0 Å². The number of nitrogens with two attached hydrogens (primary N) is 1. The zero-order valence-corrected chi connectivity index (χ0v) is 12.9. The van der Waals surface area contributed by atoms with E-state index in [1.54, 1.807) is 13.8 Å². The first kappa shape index (κ1) is 19.5. The molecule has 0 rings (SSSR count). The van der Waals surface area contributed by atoms with Gasteiger partial charge in [-0.05, 0) is 33.1 Å². The minimum Gasteiger partial charge on any atom is -0.329 e. The molecule has 0 bridgehead atoms. The molecule has 0 aromatic rings. The van der Waals surface area contributed by atoms with Crippen molar-refractivity contribution in [3.63, 3.8) is 0 Å². The molecule has 0 aliphatic carbocycles. The third-order valence-electron chi connectivity index (χ3n) is 2.08. The monoisotopic (exact) mass is 287 g/mol. The lowest BCUT2D eigenvalue weighted by Gasteiger charge is -2.31. The van der Waals surface area contributed by atoms with Crippen LogP contribution in [0.2, 0.25) is 0 Å². The Bertz CT molecular complexity index is 307. The Hall–Kier alpha value is 0.120. The fraction of sp³-hybridized carbons (Fsp3) is 1.00. The van der Waals surface area contributed by atoms with Crippen molar-refractivity contribution in [3.8, 4) is 0 Å². The van der Waals surface area contributed by atoms with E-state index in [0.717, 1.165) is 0 Å². The van der Waals surface area contributed by atoms with E-state index in [2.05, 4.69) is 9.44 Å².